The Morgan fingerprint density at radius 2 is 1.57 bits per heavy atom. The molecule has 0 radical (unpaired) electrons. The van der Waals surface area contributed by atoms with E-state index >= 15 is 0 Å². The van der Waals surface area contributed by atoms with Gasteiger partial charge in [0, 0.05) is 11.7 Å². The lowest BCUT2D eigenvalue weighted by molar-refractivity contribution is 0.266. The Hall–Kier alpha value is -1.06. The molecule has 1 aromatic carbocycles. The fourth-order valence-electron chi connectivity index (χ4n) is 3.89. The third kappa shape index (κ3) is 3.09. The van der Waals surface area contributed by atoms with E-state index in [0.29, 0.717) is 16.6 Å². The maximum atomic E-state index is 6.65. The summed E-state index contributed by atoms with van der Waals surface area (Å²) in [6.45, 7) is 14.7. The zero-order valence-electron chi connectivity index (χ0n) is 14.2. The summed E-state index contributed by atoms with van der Waals surface area (Å²) in [7, 11) is -1.77. The Kier molecular flexibility index (Phi) is 4.94. The summed E-state index contributed by atoms with van der Waals surface area (Å²) >= 11 is 0. The van der Waals surface area contributed by atoms with E-state index in [0.717, 1.165) is 6.61 Å². The molecule has 0 aliphatic heterocycles. The molecule has 0 saturated carbocycles. The van der Waals surface area contributed by atoms with Gasteiger partial charge in [-0.3, -0.25) is 0 Å². The zero-order chi connectivity index (χ0) is 15.6. The van der Waals surface area contributed by atoms with E-state index in [4.69, 9.17) is 4.43 Å². The Morgan fingerprint density at radius 1 is 0.952 bits per heavy atom. The number of rotatable bonds is 6. The molecule has 1 heterocycles. The molecular weight excluding hydrogens is 274 g/mol. The summed E-state index contributed by atoms with van der Waals surface area (Å²) in [5, 5.41) is 1.26. The first-order chi connectivity index (χ1) is 9.87. The highest BCUT2D eigenvalue weighted by molar-refractivity contribution is 6.77. The van der Waals surface area contributed by atoms with Gasteiger partial charge in [-0.15, -0.1) is 0 Å². The maximum absolute atomic E-state index is 6.65. The van der Waals surface area contributed by atoms with Crippen molar-refractivity contribution in [2.75, 3.05) is 0 Å². The van der Waals surface area contributed by atoms with Crippen LogP contribution in [0, 0.1) is 0 Å². The Balaban J connectivity index is 2.21. The van der Waals surface area contributed by atoms with E-state index in [2.05, 4.69) is 70.8 Å². The summed E-state index contributed by atoms with van der Waals surface area (Å²) in [6, 6.07) is 8.69. The van der Waals surface area contributed by atoms with Crippen molar-refractivity contribution >= 4 is 19.2 Å². The highest BCUT2D eigenvalue weighted by Crippen LogP contribution is 2.42. The van der Waals surface area contributed by atoms with Crippen molar-refractivity contribution in [2.24, 2.45) is 0 Å². The first kappa shape index (κ1) is 16.3. The molecule has 0 aliphatic carbocycles. The second-order valence-corrected chi connectivity index (χ2v) is 12.5. The van der Waals surface area contributed by atoms with Gasteiger partial charge in [0.15, 0.2) is 0 Å². The SMILES string of the molecule is CC(C)[Si](OCc1ccc2cc[nH]c2c1)(C(C)C)C(C)C. The predicted molar refractivity (Wildman–Crippen MR) is 94.1 cm³/mol. The van der Waals surface area contributed by atoms with Crippen LogP contribution in [0.5, 0.6) is 0 Å². The van der Waals surface area contributed by atoms with E-state index in [9.17, 15) is 0 Å². The summed E-state index contributed by atoms with van der Waals surface area (Å²) in [6.07, 6.45) is 1.99. The molecule has 116 valence electrons. The molecule has 2 aromatic rings. The largest absolute Gasteiger partial charge is 0.412 e. The monoisotopic (exact) mass is 303 g/mol. The van der Waals surface area contributed by atoms with Gasteiger partial charge in [-0.25, -0.2) is 0 Å². The van der Waals surface area contributed by atoms with Crippen molar-refractivity contribution in [1.29, 1.82) is 0 Å². The fourth-order valence-corrected chi connectivity index (χ4v) is 9.31. The molecule has 2 rings (SSSR count). The predicted octanol–water partition coefficient (Wildman–Crippen LogP) is 5.86. The van der Waals surface area contributed by atoms with Crippen LogP contribution in [0.15, 0.2) is 30.5 Å². The minimum absolute atomic E-state index is 0.631. The van der Waals surface area contributed by atoms with Gasteiger partial charge in [-0.05, 0) is 39.7 Å². The van der Waals surface area contributed by atoms with E-state index in [1.165, 1.54) is 16.5 Å². The summed E-state index contributed by atoms with van der Waals surface area (Å²) < 4.78 is 6.65. The number of aromatic amines is 1. The number of nitrogens with one attached hydrogen (secondary N) is 1. The van der Waals surface area contributed by atoms with Gasteiger partial charge < -0.3 is 9.41 Å². The van der Waals surface area contributed by atoms with Crippen LogP contribution in [-0.4, -0.2) is 13.3 Å². The van der Waals surface area contributed by atoms with E-state index < -0.39 is 8.32 Å². The molecule has 0 spiro atoms. The summed E-state index contributed by atoms with van der Waals surface area (Å²) in [5.74, 6) is 0. The molecule has 0 aliphatic rings. The molecule has 2 nitrogen and oxygen atoms in total. The van der Waals surface area contributed by atoms with Gasteiger partial charge in [-0.2, -0.15) is 0 Å². The van der Waals surface area contributed by atoms with Gasteiger partial charge in [-0.1, -0.05) is 53.7 Å². The lowest BCUT2D eigenvalue weighted by atomic mass is 10.2. The first-order valence-corrected chi connectivity index (χ1v) is 10.2. The topological polar surface area (TPSA) is 25.0 Å². The number of benzene rings is 1. The Bertz CT molecular complexity index is 564. The summed E-state index contributed by atoms with van der Waals surface area (Å²) in [4.78, 5) is 3.28. The van der Waals surface area contributed by atoms with Gasteiger partial charge in [0.1, 0.15) is 0 Å². The second kappa shape index (κ2) is 6.37. The van der Waals surface area contributed by atoms with Gasteiger partial charge >= 0.3 is 0 Å². The molecule has 1 N–H and O–H groups in total. The van der Waals surface area contributed by atoms with Crippen LogP contribution in [0.4, 0.5) is 0 Å². The van der Waals surface area contributed by atoms with Crippen molar-refractivity contribution < 1.29 is 4.43 Å². The molecule has 0 atom stereocenters. The summed E-state index contributed by atoms with van der Waals surface area (Å²) in [5.41, 5.74) is 4.36. The lowest BCUT2D eigenvalue weighted by Gasteiger charge is -2.42. The normalized spacial score (nSPS) is 13.0. The minimum atomic E-state index is -1.77. The Morgan fingerprint density at radius 3 is 2.14 bits per heavy atom. The van der Waals surface area contributed by atoms with Gasteiger partial charge in [0.05, 0.1) is 6.61 Å². The van der Waals surface area contributed by atoms with E-state index in [1.807, 2.05) is 6.20 Å². The number of aromatic nitrogens is 1. The van der Waals surface area contributed by atoms with Gasteiger partial charge in [0.2, 0.25) is 8.32 Å². The standard InChI is InChI=1S/C18H29NOSi/c1-13(2)21(14(3)4,15(5)6)20-12-16-7-8-17-9-10-19-18(17)11-16/h7-11,13-15,19H,12H2,1-6H3. The quantitative estimate of drug-likeness (QED) is 0.664. The fraction of sp³-hybridized carbons (Fsp3) is 0.556. The van der Waals surface area contributed by atoms with Gasteiger partial charge in [0.25, 0.3) is 0 Å². The molecule has 0 bridgehead atoms. The number of fused-ring (bicyclic) bond motifs is 1. The van der Waals surface area contributed by atoms with Crippen LogP contribution in [0.1, 0.15) is 47.1 Å². The van der Waals surface area contributed by atoms with Crippen molar-refractivity contribution in [3.8, 4) is 0 Å². The highest BCUT2D eigenvalue weighted by atomic mass is 28.4. The third-order valence-corrected chi connectivity index (χ3v) is 10.9. The van der Waals surface area contributed by atoms with Crippen molar-refractivity contribution in [3.05, 3.63) is 36.0 Å². The van der Waals surface area contributed by atoms with Crippen LogP contribution < -0.4 is 0 Å². The van der Waals surface area contributed by atoms with Crippen LogP contribution in [0.25, 0.3) is 10.9 Å². The minimum Gasteiger partial charge on any atom is -0.412 e. The molecule has 21 heavy (non-hydrogen) atoms. The first-order valence-electron chi connectivity index (χ1n) is 8.08. The van der Waals surface area contributed by atoms with Crippen LogP contribution in [0.2, 0.25) is 16.6 Å². The Labute approximate surface area is 130 Å². The average molecular weight is 304 g/mol. The smallest absolute Gasteiger partial charge is 0.200 e. The molecule has 3 heteroatoms. The van der Waals surface area contributed by atoms with Crippen LogP contribution in [0.3, 0.4) is 0 Å². The number of hydrogen-bond acceptors (Lipinski definition) is 1. The molecule has 1 aromatic heterocycles. The van der Waals surface area contributed by atoms with Crippen molar-refractivity contribution in [3.63, 3.8) is 0 Å². The maximum Gasteiger partial charge on any atom is 0.200 e. The lowest BCUT2D eigenvalue weighted by Crippen LogP contribution is -2.47. The molecule has 0 fully saturated rings. The number of hydrogen-bond donors (Lipinski definition) is 1. The van der Waals surface area contributed by atoms with Crippen LogP contribution >= 0.6 is 0 Å². The third-order valence-electron chi connectivity index (χ3n) is 4.82. The van der Waals surface area contributed by atoms with E-state index in [-0.39, 0.29) is 0 Å². The molecule has 0 unspecified atom stereocenters. The molecule has 0 saturated heterocycles. The zero-order valence-corrected chi connectivity index (χ0v) is 15.2. The van der Waals surface area contributed by atoms with E-state index in [1.54, 1.807) is 0 Å². The molecule has 0 amide bonds. The average Bonchev–Trinajstić information content (AvgIpc) is 2.85. The van der Waals surface area contributed by atoms with Crippen LogP contribution in [-0.2, 0) is 11.0 Å². The van der Waals surface area contributed by atoms with Crippen molar-refractivity contribution in [2.45, 2.75) is 64.8 Å². The second-order valence-electron chi connectivity index (χ2n) is 7.01. The highest BCUT2D eigenvalue weighted by Gasteiger charge is 2.44. The number of H-pyrrole nitrogens is 1. The molecular formula is C18H29NOSi. The van der Waals surface area contributed by atoms with Crippen molar-refractivity contribution in [1.82, 2.24) is 4.98 Å².